The number of nitrogens with two attached hydrogens (primary N) is 1. The summed E-state index contributed by atoms with van der Waals surface area (Å²) < 4.78 is 13.0. The topological polar surface area (TPSA) is 50.4 Å². The summed E-state index contributed by atoms with van der Waals surface area (Å²) in [6, 6.07) is 6.25. The van der Waals surface area contributed by atoms with E-state index in [0.29, 0.717) is 0 Å². The smallest absolute Gasteiger partial charge is 0.123 e. The second-order valence-corrected chi connectivity index (χ2v) is 6.07. The van der Waals surface area contributed by atoms with E-state index in [2.05, 4.69) is 23.3 Å². The lowest BCUT2D eigenvalue weighted by Crippen LogP contribution is -2.44. The van der Waals surface area contributed by atoms with E-state index in [1.807, 2.05) is 0 Å². The fourth-order valence-corrected chi connectivity index (χ4v) is 3.42. The molecule has 1 unspecified atom stereocenters. The van der Waals surface area contributed by atoms with Crippen LogP contribution in [0.4, 0.5) is 10.1 Å². The van der Waals surface area contributed by atoms with Crippen molar-refractivity contribution in [1.82, 2.24) is 5.32 Å². The lowest BCUT2D eigenvalue weighted by molar-refractivity contribution is 0.279. The summed E-state index contributed by atoms with van der Waals surface area (Å²) in [5, 5.41) is 3.50. The third-order valence-corrected chi connectivity index (χ3v) is 4.84. The summed E-state index contributed by atoms with van der Waals surface area (Å²) in [7, 11) is 0. The molecule has 1 atom stereocenters. The Morgan fingerprint density at radius 3 is 2.82 bits per heavy atom. The molecule has 1 fully saturated rings. The predicted molar refractivity (Wildman–Crippen MR) is 88.7 cm³/mol. The normalized spacial score (nSPS) is 28.5. The van der Waals surface area contributed by atoms with Crippen LogP contribution in [0, 0.1) is 11.2 Å². The largest absolute Gasteiger partial charge is 0.404 e. The first-order chi connectivity index (χ1) is 10.7. The molecule has 116 valence electrons. The molecule has 4 heteroatoms. The molecule has 0 amide bonds. The molecule has 1 aromatic carbocycles. The lowest BCUT2D eigenvalue weighted by Gasteiger charge is -2.43. The highest BCUT2D eigenvalue weighted by Crippen LogP contribution is 2.44. The summed E-state index contributed by atoms with van der Waals surface area (Å²) in [6.07, 6.45) is 6.91. The number of hydrogen-bond acceptors (Lipinski definition) is 3. The molecule has 0 saturated carbocycles. The van der Waals surface area contributed by atoms with Crippen LogP contribution in [-0.4, -0.2) is 18.8 Å². The number of aliphatic imine (C=N–C) groups is 1. The summed E-state index contributed by atoms with van der Waals surface area (Å²) in [6.45, 7) is 4.24. The van der Waals surface area contributed by atoms with Gasteiger partial charge in [0.05, 0.1) is 11.4 Å². The molecule has 22 heavy (non-hydrogen) atoms. The molecular formula is C18H22FN3. The molecule has 1 saturated heterocycles. The maximum Gasteiger partial charge on any atom is 0.123 e. The summed E-state index contributed by atoms with van der Waals surface area (Å²) >= 11 is 0. The van der Waals surface area contributed by atoms with Gasteiger partial charge in [-0.3, -0.25) is 0 Å². The Balaban J connectivity index is 2.02. The van der Waals surface area contributed by atoms with E-state index in [1.165, 1.54) is 17.7 Å². The van der Waals surface area contributed by atoms with Crippen LogP contribution in [0.3, 0.4) is 0 Å². The second kappa shape index (κ2) is 6.05. The summed E-state index contributed by atoms with van der Waals surface area (Å²) in [5.74, 6) is -0.246. The molecule has 2 aliphatic rings. The van der Waals surface area contributed by atoms with Crippen molar-refractivity contribution >= 4 is 11.4 Å². The Morgan fingerprint density at radius 1 is 1.36 bits per heavy atom. The van der Waals surface area contributed by atoms with Gasteiger partial charge >= 0.3 is 0 Å². The molecule has 0 spiro atoms. The highest BCUT2D eigenvalue weighted by atomic mass is 19.1. The van der Waals surface area contributed by atoms with Gasteiger partial charge in [0.1, 0.15) is 5.82 Å². The first kappa shape index (κ1) is 15.0. The van der Waals surface area contributed by atoms with Crippen molar-refractivity contribution < 1.29 is 4.39 Å². The standard InChI is InChI=1S/C18H22FN3/c1-2-18-10-13(11-20)17(9-14(18)7-8-21-12-18)22-16-5-3-15(19)4-6-16/h3-6,9,11,21H,2,7-8,10,12,20H2,1H3. The Hall–Kier alpha value is -1.94. The molecule has 0 bridgehead atoms. The number of hydrogen-bond donors (Lipinski definition) is 2. The Morgan fingerprint density at radius 2 is 2.14 bits per heavy atom. The number of allylic oxidation sites excluding steroid dienone is 2. The van der Waals surface area contributed by atoms with Crippen LogP contribution < -0.4 is 11.1 Å². The Kier molecular flexibility index (Phi) is 4.12. The molecule has 0 aromatic heterocycles. The number of halogens is 1. The minimum atomic E-state index is -0.246. The van der Waals surface area contributed by atoms with E-state index < -0.39 is 0 Å². The van der Waals surface area contributed by atoms with E-state index in [9.17, 15) is 4.39 Å². The molecule has 1 heterocycles. The van der Waals surface area contributed by atoms with E-state index in [1.54, 1.807) is 18.3 Å². The van der Waals surface area contributed by atoms with Crippen molar-refractivity contribution in [3.05, 3.63) is 53.5 Å². The van der Waals surface area contributed by atoms with E-state index in [0.717, 1.165) is 49.3 Å². The zero-order valence-electron chi connectivity index (χ0n) is 12.9. The zero-order valence-corrected chi connectivity index (χ0v) is 12.9. The van der Waals surface area contributed by atoms with Gasteiger partial charge in [0.2, 0.25) is 0 Å². The van der Waals surface area contributed by atoms with Crippen LogP contribution in [0.5, 0.6) is 0 Å². The molecule has 3 nitrogen and oxygen atoms in total. The van der Waals surface area contributed by atoms with Gasteiger partial charge in [-0.1, -0.05) is 12.5 Å². The molecule has 0 radical (unpaired) electrons. The monoisotopic (exact) mass is 299 g/mol. The average Bonchev–Trinajstić information content (AvgIpc) is 2.56. The predicted octanol–water partition coefficient (Wildman–Crippen LogP) is 3.46. The summed E-state index contributed by atoms with van der Waals surface area (Å²) in [4.78, 5) is 4.67. The third kappa shape index (κ3) is 2.71. The second-order valence-electron chi connectivity index (χ2n) is 6.07. The minimum absolute atomic E-state index is 0.172. The molecule has 3 rings (SSSR count). The zero-order chi connectivity index (χ0) is 15.6. The molecule has 1 aliphatic heterocycles. The van der Waals surface area contributed by atoms with Gasteiger partial charge in [-0.15, -0.1) is 0 Å². The number of fused-ring (bicyclic) bond motifs is 1. The fourth-order valence-electron chi connectivity index (χ4n) is 3.42. The molecule has 1 aliphatic carbocycles. The van der Waals surface area contributed by atoms with Gasteiger partial charge in [-0.05, 0) is 67.9 Å². The Bertz CT molecular complexity index is 643. The Labute approximate surface area is 130 Å². The van der Waals surface area contributed by atoms with Crippen molar-refractivity contribution in [2.24, 2.45) is 16.1 Å². The van der Waals surface area contributed by atoms with Gasteiger partial charge in [0.25, 0.3) is 0 Å². The third-order valence-electron chi connectivity index (χ3n) is 4.84. The fraction of sp³-hybridized carbons (Fsp3) is 0.389. The first-order valence-electron chi connectivity index (χ1n) is 7.84. The average molecular weight is 299 g/mol. The lowest BCUT2D eigenvalue weighted by atomic mass is 9.66. The molecule has 3 N–H and O–H groups in total. The highest BCUT2D eigenvalue weighted by molar-refractivity contribution is 6.11. The molecular weight excluding hydrogens is 277 g/mol. The van der Waals surface area contributed by atoms with Crippen LogP contribution in [0.2, 0.25) is 0 Å². The number of rotatable bonds is 2. The maximum atomic E-state index is 13.0. The van der Waals surface area contributed by atoms with E-state index >= 15 is 0 Å². The van der Waals surface area contributed by atoms with Crippen molar-refractivity contribution in [3.63, 3.8) is 0 Å². The number of piperidine rings is 1. The van der Waals surface area contributed by atoms with Crippen LogP contribution in [0.25, 0.3) is 0 Å². The highest BCUT2D eigenvalue weighted by Gasteiger charge is 2.39. The number of benzene rings is 1. The van der Waals surface area contributed by atoms with Crippen LogP contribution in [0.15, 0.2) is 52.7 Å². The van der Waals surface area contributed by atoms with Crippen LogP contribution in [0.1, 0.15) is 26.2 Å². The van der Waals surface area contributed by atoms with Crippen molar-refractivity contribution in [1.29, 1.82) is 0 Å². The van der Waals surface area contributed by atoms with Crippen LogP contribution >= 0.6 is 0 Å². The quantitative estimate of drug-likeness (QED) is 0.878. The minimum Gasteiger partial charge on any atom is -0.404 e. The van der Waals surface area contributed by atoms with Crippen molar-refractivity contribution in [3.8, 4) is 0 Å². The van der Waals surface area contributed by atoms with Crippen molar-refractivity contribution in [2.75, 3.05) is 13.1 Å². The summed E-state index contributed by atoms with van der Waals surface area (Å²) in [5.41, 5.74) is 10.2. The van der Waals surface area contributed by atoms with E-state index in [-0.39, 0.29) is 11.2 Å². The van der Waals surface area contributed by atoms with Gasteiger partial charge in [-0.2, -0.15) is 0 Å². The first-order valence-corrected chi connectivity index (χ1v) is 7.84. The van der Waals surface area contributed by atoms with Gasteiger partial charge in [-0.25, -0.2) is 9.38 Å². The van der Waals surface area contributed by atoms with Gasteiger partial charge in [0.15, 0.2) is 0 Å². The SMILES string of the molecule is CCC12CNCCC1=CC(=Nc1ccc(F)cc1)C(=CN)C2. The maximum absolute atomic E-state index is 13.0. The van der Waals surface area contributed by atoms with E-state index in [4.69, 9.17) is 5.73 Å². The molecule has 1 aromatic rings. The number of nitrogens with zero attached hydrogens (tertiary/aromatic N) is 1. The number of nitrogens with one attached hydrogen (secondary N) is 1. The van der Waals surface area contributed by atoms with Gasteiger partial charge in [0, 0.05) is 12.0 Å². The van der Waals surface area contributed by atoms with Gasteiger partial charge < -0.3 is 11.1 Å². The van der Waals surface area contributed by atoms with Crippen molar-refractivity contribution in [2.45, 2.75) is 26.2 Å². The van der Waals surface area contributed by atoms with Crippen LogP contribution in [-0.2, 0) is 0 Å².